The molecule has 3 heteroatoms. The molecule has 0 radical (unpaired) electrons. The number of nitrogens with one attached hydrogen (secondary N) is 1. The molecule has 0 aromatic heterocycles. The molecule has 0 spiro atoms. The molecule has 0 heterocycles. The average molecular weight is 231 g/mol. The second kappa shape index (κ2) is 6.72. The molecule has 1 atom stereocenters. The van der Waals surface area contributed by atoms with Gasteiger partial charge < -0.3 is 10.4 Å². The Kier molecular flexibility index (Phi) is 5.25. The van der Waals surface area contributed by atoms with E-state index in [2.05, 4.69) is 11.2 Å². The molecule has 2 N–H and O–H groups in total. The maximum Gasteiger partial charge on any atom is 0.310 e. The van der Waals surface area contributed by atoms with E-state index in [1.54, 1.807) is 6.92 Å². The number of hydrogen-bond acceptors (Lipinski definition) is 2. The van der Waals surface area contributed by atoms with E-state index in [1.807, 2.05) is 24.3 Å². The zero-order valence-electron chi connectivity index (χ0n) is 9.94. The molecule has 1 rings (SSSR count). The number of carbonyl (C=O) groups is 1. The van der Waals surface area contributed by atoms with Gasteiger partial charge in [-0.3, -0.25) is 4.79 Å². The van der Waals surface area contributed by atoms with Crippen LogP contribution in [0.4, 0.5) is 0 Å². The van der Waals surface area contributed by atoms with Gasteiger partial charge >= 0.3 is 5.97 Å². The molecule has 0 saturated heterocycles. The van der Waals surface area contributed by atoms with Crippen molar-refractivity contribution in [3.8, 4) is 12.3 Å². The highest BCUT2D eigenvalue weighted by Crippen LogP contribution is 2.15. The van der Waals surface area contributed by atoms with Crippen molar-refractivity contribution in [1.29, 1.82) is 0 Å². The van der Waals surface area contributed by atoms with Gasteiger partial charge in [-0.05, 0) is 18.1 Å². The third-order valence-electron chi connectivity index (χ3n) is 2.63. The molecule has 90 valence electrons. The number of hydrogen-bond donors (Lipinski definition) is 2. The second-order valence-corrected chi connectivity index (χ2v) is 3.93. The summed E-state index contributed by atoms with van der Waals surface area (Å²) in [4.78, 5) is 10.8. The molecule has 0 aliphatic heterocycles. The van der Waals surface area contributed by atoms with Crippen LogP contribution in [0.25, 0.3) is 0 Å². The molecule has 1 unspecified atom stereocenters. The normalized spacial score (nSPS) is 11.8. The number of terminal acetylenes is 1. The Labute approximate surface area is 102 Å². The highest BCUT2D eigenvalue weighted by atomic mass is 16.4. The lowest BCUT2D eigenvalue weighted by Gasteiger charge is -2.08. The smallest absolute Gasteiger partial charge is 0.310 e. The lowest BCUT2D eigenvalue weighted by Crippen LogP contribution is -2.14. The Balaban J connectivity index is 2.51. The predicted octanol–water partition coefficient (Wildman–Crippen LogP) is 1.99. The summed E-state index contributed by atoms with van der Waals surface area (Å²) < 4.78 is 0. The third-order valence-corrected chi connectivity index (χ3v) is 2.63. The van der Waals surface area contributed by atoms with E-state index in [4.69, 9.17) is 11.5 Å². The lowest BCUT2D eigenvalue weighted by atomic mass is 10.0. The SMILES string of the molecule is C#CCCNCc1ccc(C(C)C(=O)O)cc1. The molecule has 0 amide bonds. The Morgan fingerprint density at radius 3 is 2.65 bits per heavy atom. The Hall–Kier alpha value is -1.79. The maximum absolute atomic E-state index is 10.8. The van der Waals surface area contributed by atoms with Crippen molar-refractivity contribution in [2.45, 2.75) is 25.8 Å². The molecule has 0 bridgehead atoms. The average Bonchev–Trinajstić information content (AvgIpc) is 2.34. The van der Waals surface area contributed by atoms with Crippen LogP contribution in [0.5, 0.6) is 0 Å². The van der Waals surface area contributed by atoms with Crippen LogP contribution < -0.4 is 5.32 Å². The van der Waals surface area contributed by atoms with Crippen molar-refractivity contribution in [1.82, 2.24) is 5.32 Å². The van der Waals surface area contributed by atoms with Crippen molar-refractivity contribution in [2.24, 2.45) is 0 Å². The zero-order chi connectivity index (χ0) is 12.7. The summed E-state index contributed by atoms with van der Waals surface area (Å²) in [6.07, 6.45) is 5.86. The number of benzene rings is 1. The molecular weight excluding hydrogens is 214 g/mol. The molecule has 0 fully saturated rings. The first-order chi connectivity index (χ1) is 8.15. The predicted molar refractivity (Wildman–Crippen MR) is 67.6 cm³/mol. The standard InChI is InChI=1S/C14H17NO2/c1-3-4-9-15-10-12-5-7-13(8-6-12)11(2)14(16)17/h1,5-8,11,15H,4,9-10H2,2H3,(H,16,17). The minimum absolute atomic E-state index is 0.460. The first-order valence-corrected chi connectivity index (χ1v) is 5.61. The molecule has 0 aliphatic carbocycles. The van der Waals surface area contributed by atoms with E-state index in [0.29, 0.717) is 6.42 Å². The molecule has 0 saturated carbocycles. The van der Waals surface area contributed by atoms with E-state index in [9.17, 15) is 4.79 Å². The summed E-state index contributed by atoms with van der Waals surface area (Å²) in [5.41, 5.74) is 1.95. The molecule has 1 aromatic rings. The zero-order valence-corrected chi connectivity index (χ0v) is 9.94. The van der Waals surface area contributed by atoms with Crippen LogP contribution in [0, 0.1) is 12.3 Å². The van der Waals surface area contributed by atoms with Crippen LogP contribution >= 0.6 is 0 Å². The summed E-state index contributed by atoms with van der Waals surface area (Å²) in [6.45, 7) is 3.23. The number of rotatable bonds is 6. The Morgan fingerprint density at radius 2 is 2.12 bits per heavy atom. The van der Waals surface area contributed by atoms with Crippen LogP contribution in [0.3, 0.4) is 0 Å². The van der Waals surface area contributed by atoms with Crippen LogP contribution in [-0.4, -0.2) is 17.6 Å². The van der Waals surface area contributed by atoms with Gasteiger partial charge in [0.05, 0.1) is 5.92 Å². The van der Waals surface area contributed by atoms with Crippen molar-refractivity contribution in [3.63, 3.8) is 0 Å². The maximum atomic E-state index is 10.8. The van der Waals surface area contributed by atoms with Crippen molar-refractivity contribution >= 4 is 5.97 Å². The van der Waals surface area contributed by atoms with E-state index in [1.165, 1.54) is 0 Å². The quantitative estimate of drug-likeness (QED) is 0.581. The van der Waals surface area contributed by atoms with Crippen LogP contribution in [-0.2, 0) is 11.3 Å². The lowest BCUT2D eigenvalue weighted by molar-refractivity contribution is -0.138. The molecule has 17 heavy (non-hydrogen) atoms. The number of carboxylic acid groups (broad SMARTS) is 1. The highest BCUT2D eigenvalue weighted by molar-refractivity contribution is 5.75. The second-order valence-electron chi connectivity index (χ2n) is 3.93. The molecule has 1 aromatic carbocycles. The minimum atomic E-state index is -0.801. The Bertz CT molecular complexity index is 403. The fraction of sp³-hybridized carbons (Fsp3) is 0.357. The van der Waals surface area contributed by atoms with Crippen molar-refractivity contribution < 1.29 is 9.90 Å². The minimum Gasteiger partial charge on any atom is -0.481 e. The van der Waals surface area contributed by atoms with Crippen molar-refractivity contribution in [3.05, 3.63) is 35.4 Å². The summed E-state index contributed by atoms with van der Waals surface area (Å²) in [7, 11) is 0. The van der Waals surface area contributed by atoms with Crippen LogP contribution in [0.2, 0.25) is 0 Å². The van der Waals surface area contributed by atoms with Gasteiger partial charge in [0.1, 0.15) is 0 Å². The van der Waals surface area contributed by atoms with Crippen molar-refractivity contribution in [2.75, 3.05) is 6.54 Å². The Morgan fingerprint density at radius 1 is 1.47 bits per heavy atom. The van der Waals surface area contributed by atoms with E-state index in [-0.39, 0.29) is 0 Å². The van der Waals surface area contributed by atoms with Gasteiger partial charge in [-0.15, -0.1) is 12.3 Å². The topological polar surface area (TPSA) is 49.3 Å². The fourth-order valence-electron chi connectivity index (χ4n) is 1.46. The number of aliphatic carboxylic acids is 1. The van der Waals surface area contributed by atoms with E-state index in [0.717, 1.165) is 24.2 Å². The largest absolute Gasteiger partial charge is 0.481 e. The van der Waals surface area contributed by atoms with Gasteiger partial charge in [0.15, 0.2) is 0 Å². The van der Waals surface area contributed by atoms with Gasteiger partial charge in [-0.2, -0.15) is 0 Å². The molecule has 3 nitrogen and oxygen atoms in total. The van der Waals surface area contributed by atoms with Crippen LogP contribution in [0.1, 0.15) is 30.4 Å². The first-order valence-electron chi connectivity index (χ1n) is 5.61. The summed E-state index contributed by atoms with van der Waals surface area (Å²) in [5.74, 6) is 1.30. The van der Waals surface area contributed by atoms with Gasteiger partial charge in [-0.1, -0.05) is 24.3 Å². The van der Waals surface area contributed by atoms with Crippen LogP contribution in [0.15, 0.2) is 24.3 Å². The number of carboxylic acids is 1. The van der Waals surface area contributed by atoms with Gasteiger partial charge in [0.2, 0.25) is 0 Å². The first kappa shape index (κ1) is 13.3. The fourth-order valence-corrected chi connectivity index (χ4v) is 1.46. The monoisotopic (exact) mass is 231 g/mol. The summed E-state index contributed by atoms with van der Waals surface area (Å²) in [5, 5.41) is 12.1. The van der Waals surface area contributed by atoms with Gasteiger partial charge in [-0.25, -0.2) is 0 Å². The molecule has 0 aliphatic rings. The summed E-state index contributed by atoms with van der Waals surface area (Å²) >= 11 is 0. The highest BCUT2D eigenvalue weighted by Gasteiger charge is 2.12. The van der Waals surface area contributed by atoms with Gasteiger partial charge in [0.25, 0.3) is 0 Å². The molecular formula is C14H17NO2. The van der Waals surface area contributed by atoms with E-state index >= 15 is 0 Å². The third kappa shape index (κ3) is 4.29. The van der Waals surface area contributed by atoms with E-state index < -0.39 is 11.9 Å². The van der Waals surface area contributed by atoms with Gasteiger partial charge in [0, 0.05) is 19.5 Å². The summed E-state index contributed by atoms with van der Waals surface area (Å²) in [6, 6.07) is 7.60.